The number of thiophene rings is 1. The van der Waals surface area contributed by atoms with Crippen molar-refractivity contribution in [2.45, 2.75) is 19.9 Å². The number of hydrogen-bond donors (Lipinski definition) is 3. The van der Waals surface area contributed by atoms with Crippen molar-refractivity contribution in [3.63, 3.8) is 0 Å². The standard InChI is InChI=1S/C28H34N6O4S/c1-5-12-33(14-11-29-2)18-21-6-7-25(39-21)27(35)32-26-16-20(8-10-31-26)38-24-15-19-9-13-34(28(36)30-3)22(19)17-23(24)37-4/h6-10,13,15-17,29H,5,11-12,14,18H2,1-4H3,(H,30,36)(H,31,32,35). The first-order valence-electron chi connectivity index (χ1n) is 12.8. The largest absolute Gasteiger partial charge is 0.493 e. The molecule has 10 nitrogen and oxygen atoms in total. The molecule has 3 aromatic heterocycles. The average molecular weight is 551 g/mol. The van der Waals surface area contributed by atoms with Crippen LogP contribution in [0.2, 0.25) is 0 Å². The molecule has 0 aliphatic rings. The van der Waals surface area contributed by atoms with Gasteiger partial charge in [-0.25, -0.2) is 9.78 Å². The molecule has 0 aliphatic carbocycles. The zero-order chi connectivity index (χ0) is 27.8. The SMILES string of the molecule is CCCN(CCNC)Cc1ccc(C(=O)Nc2cc(Oc3cc4ccn(C(=O)NC)c4cc3OC)ccn2)s1. The van der Waals surface area contributed by atoms with Crippen molar-refractivity contribution in [2.24, 2.45) is 0 Å². The number of carbonyl (C=O) groups is 2. The van der Waals surface area contributed by atoms with Gasteiger partial charge in [-0.3, -0.25) is 14.3 Å². The van der Waals surface area contributed by atoms with Crippen molar-refractivity contribution in [3.8, 4) is 17.2 Å². The lowest BCUT2D eigenvalue weighted by molar-refractivity contribution is 0.103. The highest BCUT2D eigenvalue weighted by Crippen LogP contribution is 2.36. The molecule has 11 heteroatoms. The number of likely N-dealkylation sites (N-methyl/N-ethyl adjacent to an activating group) is 1. The third kappa shape index (κ3) is 6.94. The summed E-state index contributed by atoms with van der Waals surface area (Å²) in [5.74, 6) is 1.57. The Kier molecular flexibility index (Phi) is 9.53. The molecule has 0 fully saturated rings. The predicted molar refractivity (Wildman–Crippen MR) is 154 cm³/mol. The van der Waals surface area contributed by atoms with Crippen LogP contribution < -0.4 is 25.4 Å². The number of ether oxygens (including phenoxy) is 2. The van der Waals surface area contributed by atoms with E-state index in [9.17, 15) is 9.59 Å². The molecule has 3 N–H and O–H groups in total. The molecule has 1 aromatic carbocycles. The Balaban J connectivity index is 1.45. The van der Waals surface area contributed by atoms with Crippen molar-refractivity contribution in [1.29, 1.82) is 0 Å². The van der Waals surface area contributed by atoms with Gasteiger partial charge in [0.05, 0.1) is 17.5 Å². The third-order valence-corrected chi connectivity index (χ3v) is 7.16. The Bertz CT molecular complexity index is 1430. The molecule has 0 unspecified atom stereocenters. The Hall–Kier alpha value is -3.93. The van der Waals surface area contributed by atoms with E-state index in [-0.39, 0.29) is 11.9 Å². The first kappa shape index (κ1) is 28.1. The van der Waals surface area contributed by atoms with E-state index >= 15 is 0 Å². The average Bonchev–Trinajstić information content (AvgIpc) is 3.58. The summed E-state index contributed by atoms with van der Waals surface area (Å²) in [6.45, 7) is 5.87. The summed E-state index contributed by atoms with van der Waals surface area (Å²) in [5.41, 5.74) is 0.691. The number of fused-ring (bicyclic) bond motifs is 1. The van der Waals surface area contributed by atoms with Gasteiger partial charge in [0.1, 0.15) is 11.6 Å². The normalized spacial score (nSPS) is 11.1. The van der Waals surface area contributed by atoms with Gasteiger partial charge < -0.3 is 25.4 Å². The fourth-order valence-electron chi connectivity index (χ4n) is 4.19. The van der Waals surface area contributed by atoms with Gasteiger partial charge in [0, 0.05) is 61.5 Å². The molecule has 0 bridgehead atoms. The minimum Gasteiger partial charge on any atom is -0.493 e. The number of nitrogens with zero attached hydrogens (tertiary/aromatic N) is 3. The summed E-state index contributed by atoms with van der Waals surface area (Å²) in [5, 5.41) is 9.49. The van der Waals surface area contributed by atoms with Crippen LogP contribution in [0.5, 0.6) is 17.2 Å². The molecule has 39 heavy (non-hydrogen) atoms. The minimum absolute atomic E-state index is 0.220. The monoisotopic (exact) mass is 550 g/mol. The Morgan fingerprint density at radius 2 is 1.92 bits per heavy atom. The van der Waals surface area contributed by atoms with E-state index in [1.165, 1.54) is 23.0 Å². The second-order valence-electron chi connectivity index (χ2n) is 8.88. The maximum absolute atomic E-state index is 12.9. The van der Waals surface area contributed by atoms with E-state index in [1.807, 2.05) is 25.2 Å². The quantitative estimate of drug-likeness (QED) is 0.233. The molecular formula is C28H34N6O4S. The van der Waals surface area contributed by atoms with E-state index in [0.29, 0.717) is 33.5 Å². The molecule has 4 rings (SSSR count). The van der Waals surface area contributed by atoms with Gasteiger partial charge in [-0.1, -0.05) is 6.92 Å². The van der Waals surface area contributed by atoms with Crippen LogP contribution in [0, 0.1) is 0 Å². The predicted octanol–water partition coefficient (Wildman–Crippen LogP) is 4.77. The summed E-state index contributed by atoms with van der Waals surface area (Å²) < 4.78 is 13.1. The number of carbonyl (C=O) groups excluding carboxylic acids is 2. The molecule has 206 valence electrons. The Morgan fingerprint density at radius 3 is 2.67 bits per heavy atom. The maximum atomic E-state index is 12.9. The van der Waals surface area contributed by atoms with Crippen LogP contribution in [0.4, 0.5) is 10.6 Å². The number of anilines is 1. The molecule has 0 saturated heterocycles. The summed E-state index contributed by atoms with van der Waals surface area (Å²) in [7, 11) is 5.07. The summed E-state index contributed by atoms with van der Waals surface area (Å²) in [6, 6.07) is 12.3. The Morgan fingerprint density at radius 1 is 1.08 bits per heavy atom. The van der Waals surface area contributed by atoms with Crippen LogP contribution in [0.1, 0.15) is 27.9 Å². The molecule has 3 heterocycles. The van der Waals surface area contributed by atoms with Crippen LogP contribution in [0.25, 0.3) is 10.9 Å². The molecular weight excluding hydrogens is 516 g/mol. The maximum Gasteiger partial charge on any atom is 0.325 e. The fraction of sp³-hybridized carbons (Fsp3) is 0.321. The summed E-state index contributed by atoms with van der Waals surface area (Å²) in [4.78, 5) is 33.5. The first-order chi connectivity index (χ1) is 18.9. The summed E-state index contributed by atoms with van der Waals surface area (Å²) in [6.07, 6.45) is 4.34. The van der Waals surface area contributed by atoms with Gasteiger partial charge in [-0.2, -0.15) is 0 Å². The number of amides is 2. The third-order valence-electron chi connectivity index (χ3n) is 6.09. The first-order valence-corrected chi connectivity index (χ1v) is 13.6. The van der Waals surface area contributed by atoms with E-state index in [1.54, 1.807) is 43.7 Å². The highest BCUT2D eigenvalue weighted by Gasteiger charge is 2.16. The second-order valence-corrected chi connectivity index (χ2v) is 10.0. The van der Waals surface area contributed by atoms with Crippen molar-refractivity contribution < 1.29 is 19.1 Å². The molecule has 0 spiro atoms. The van der Waals surface area contributed by atoms with Crippen molar-refractivity contribution in [3.05, 3.63) is 64.6 Å². The highest BCUT2D eigenvalue weighted by molar-refractivity contribution is 7.14. The zero-order valence-electron chi connectivity index (χ0n) is 22.6. The molecule has 0 radical (unpaired) electrons. The molecule has 2 amide bonds. The number of pyridine rings is 1. The van der Waals surface area contributed by atoms with Crippen molar-refractivity contribution in [1.82, 2.24) is 25.1 Å². The number of benzene rings is 1. The summed E-state index contributed by atoms with van der Waals surface area (Å²) >= 11 is 1.49. The Labute approximate surface area is 231 Å². The van der Waals surface area contributed by atoms with Crippen molar-refractivity contribution in [2.75, 3.05) is 46.2 Å². The number of hydrogen-bond acceptors (Lipinski definition) is 8. The second kappa shape index (κ2) is 13.2. The number of rotatable bonds is 12. The van der Waals surface area contributed by atoms with Gasteiger partial charge in [-0.15, -0.1) is 11.3 Å². The topological polar surface area (TPSA) is 110 Å². The molecule has 0 saturated carbocycles. The number of nitrogens with one attached hydrogen (secondary N) is 3. The van der Waals surface area contributed by atoms with E-state index in [4.69, 9.17) is 9.47 Å². The van der Waals surface area contributed by atoms with Gasteiger partial charge in [0.15, 0.2) is 11.5 Å². The molecule has 0 aliphatic heterocycles. The highest BCUT2D eigenvalue weighted by atomic mass is 32.1. The van der Waals surface area contributed by atoms with Crippen LogP contribution in [-0.4, -0.2) is 67.2 Å². The van der Waals surface area contributed by atoms with Crippen LogP contribution >= 0.6 is 11.3 Å². The van der Waals surface area contributed by atoms with Crippen molar-refractivity contribution >= 4 is 40.0 Å². The lowest BCUT2D eigenvalue weighted by Crippen LogP contribution is -2.30. The molecule has 0 atom stereocenters. The lowest BCUT2D eigenvalue weighted by atomic mass is 10.2. The van der Waals surface area contributed by atoms with E-state index in [0.717, 1.165) is 42.9 Å². The van der Waals surface area contributed by atoms with Gasteiger partial charge >= 0.3 is 6.03 Å². The minimum atomic E-state index is -0.250. The van der Waals surface area contributed by atoms with Crippen LogP contribution in [0.3, 0.4) is 0 Å². The number of methoxy groups -OCH3 is 1. The van der Waals surface area contributed by atoms with Crippen LogP contribution in [-0.2, 0) is 6.54 Å². The van der Waals surface area contributed by atoms with Gasteiger partial charge in [0.2, 0.25) is 0 Å². The molecule has 4 aromatic rings. The van der Waals surface area contributed by atoms with Gasteiger partial charge in [-0.05, 0) is 50.3 Å². The van der Waals surface area contributed by atoms with E-state index in [2.05, 4.69) is 32.8 Å². The lowest BCUT2D eigenvalue weighted by Gasteiger charge is -2.20. The smallest absolute Gasteiger partial charge is 0.325 e. The number of aromatic nitrogens is 2. The van der Waals surface area contributed by atoms with Crippen LogP contribution in [0.15, 0.2) is 54.9 Å². The fourth-order valence-corrected chi connectivity index (χ4v) is 5.13. The zero-order valence-corrected chi connectivity index (χ0v) is 23.4. The van der Waals surface area contributed by atoms with Gasteiger partial charge in [0.25, 0.3) is 5.91 Å². The van der Waals surface area contributed by atoms with E-state index < -0.39 is 0 Å².